The van der Waals surface area contributed by atoms with Gasteiger partial charge < -0.3 is 9.64 Å². The van der Waals surface area contributed by atoms with Crippen molar-refractivity contribution in [3.05, 3.63) is 36.0 Å². The van der Waals surface area contributed by atoms with Crippen LogP contribution in [0.3, 0.4) is 0 Å². The van der Waals surface area contributed by atoms with Crippen molar-refractivity contribution in [2.45, 2.75) is 31.4 Å². The standard InChI is InChI=1S/C20H20F2N4O2/c21-16-4-3-15-17(5-7-24-20(15)19(16)22)28-14-6-9-25(11-14)12-18(27)26-8-1-2-13(26)10-23/h3-5,7,13-14H,1-2,6,8-9,11-12H2/t13-,14-/m0/s1. The summed E-state index contributed by atoms with van der Waals surface area (Å²) < 4.78 is 33.4. The molecule has 0 spiro atoms. The van der Waals surface area contributed by atoms with Crippen LogP contribution < -0.4 is 4.74 Å². The summed E-state index contributed by atoms with van der Waals surface area (Å²) in [5.74, 6) is -1.51. The van der Waals surface area contributed by atoms with Gasteiger partial charge in [0.2, 0.25) is 5.91 Å². The Hall–Kier alpha value is -2.79. The molecule has 2 fully saturated rings. The van der Waals surface area contributed by atoms with Gasteiger partial charge in [0, 0.05) is 31.2 Å². The number of carbonyl (C=O) groups excluding carboxylic acids is 1. The molecule has 4 rings (SSSR count). The predicted molar refractivity (Wildman–Crippen MR) is 97.5 cm³/mol. The summed E-state index contributed by atoms with van der Waals surface area (Å²) in [6.45, 7) is 2.16. The maximum atomic E-state index is 13.9. The lowest BCUT2D eigenvalue weighted by molar-refractivity contribution is -0.132. The second-order valence-corrected chi connectivity index (χ2v) is 7.20. The van der Waals surface area contributed by atoms with Crippen molar-refractivity contribution in [2.24, 2.45) is 0 Å². The van der Waals surface area contributed by atoms with Gasteiger partial charge in [-0.2, -0.15) is 5.26 Å². The Morgan fingerprint density at radius 3 is 2.96 bits per heavy atom. The number of benzene rings is 1. The van der Waals surface area contributed by atoms with Gasteiger partial charge in [0.25, 0.3) is 0 Å². The molecule has 1 aromatic heterocycles. The molecule has 28 heavy (non-hydrogen) atoms. The van der Waals surface area contributed by atoms with Crippen molar-refractivity contribution in [1.29, 1.82) is 5.26 Å². The summed E-state index contributed by atoms with van der Waals surface area (Å²) in [5, 5.41) is 9.56. The minimum atomic E-state index is -0.987. The summed E-state index contributed by atoms with van der Waals surface area (Å²) in [7, 11) is 0. The lowest BCUT2D eigenvalue weighted by Gasteiger charge is -2.23. The van der Waals surface area contributed by atoms with Crippen molar-refractivity contribution in [3.63, 3.8) is 0 Å². The van der Waals surface area contributed by atoms with Gasteiger partial charge in [-0.3, -0.25) is 14.7 Å². The van der Waals surface area contributed by atoms with E-state index < -0.39 is 11.6 Å². The van der Waals surface area contributed by atoms with E-state index in [0.29, 0.717) is 30.8 Å². The molecule has 0 N–H and O–H groups in total. The molecule has 2 saturated heterocycles. The molecule has 146 valence electrons. The normalized spacial score (nSPS) is 22.5. The number of amides is 1. The van der Waals surface area contributed by atoms with Gasteiger partial charge in [-0.15, -0.1) is 0 Å². The molecule has 2 aromatic rings. The number of fused-ring (bicyclic) bond motifs is 1. The van der Waals surface area contributed by atoms with Gasteiger partial charge in [0.1, 0.15) is 23.4 Å². The highest BCUT2D eigenvalue weighted by molar-refractivity contribution is 5.85. The number of aromatic nitrogens is 1. The highest BCUT2D eigenvalue weighted by atomic mass is 19.2. The SMILES string of the molecule is N#C[C@@H]1CCCN1C(=O)CN1CC[C@H](Oc2ccnc3c(F)c(F)ccc23)C1. The van der Waals surface area contributed by atoms with Crippen molar-refractivity contribution in [3.8, 4) is 11.8 Å². The van der Waals surface area contributed by atoms with Gasteiger partial charge in [-0.25, -0.2) is 8.78 Å². The molecule has 6 nitrogen and oxygen atoms in total. The quantitative estimate of drug-likeness (QED) is 0.808. The third-order valence-electron chi connectivity index (χ3n) is 5.37. The maximum Gasteiger partial charge on any atom is 0.237 e. The molecule has 2 atom stereocenters. The Bertz CT molecular complexity index is 946. The van der Waals surface area contributed by atoms with E-state index in [4.69, 9.17) is 10.00 Å². The number of ether oxygens (including phenoxy) is 1. The van der Waals surface area contributed by atoms with Gasteiger partial charge in [0.15, 0.2) is 11.6 Å². The van der Waals surface area contributed by atoms with E-state index in [1.165, 1.54) is 12.3 Å². The minimum Gasteiger partial charge on any atom is -0.488 e. The number of carbonyl (C=O) groups is 1. The average Bonchev–Trinajstić information content (AvgIpc) is 3.34. The first-order chi connectivity index (χ1) is 13.6. The fourth-order valence-electron chi connectivity index (χ4n) is 3.94. The summed E-state index contributed by atoms with van der Waals surface area (Å²) in [6, 6.07) is 6.02. The van der Waals surface area contributed by atoms with Crippen molar-refractivity contribution >= 4 is 16.8 Å². The van der Waals surface area contributed by atoms with Crippen LogP contribution in [0.1, 0.15) is 19.3 Å². The Morgan fingerprint density at radius 2 is 2.14 bits per heavy atom. The van der Waals surface area contributed by atoms with Crippen LogP contribution in [0.2, 0.25) is 0 Å². The molecule has 8 heteroatoms. The van der Waals surface area contributed by atoms with Gasteiger partial charge in [-0.1, -0.05) is 0 Å². The van der Waals surface area contributed by atoms with Crippen LogP contribution in [0, 0.1) is 23.0 Å². The molecule has 0 unspecified atom stereocenters. The van der Waals surface area contributed by atoms with Crippen LogP contribution in [0.5, 0.6) is 5.75 Å². The number of likely N-dealkylation sites (tertiary alicyclic amines) is 2. The number of nitriles is 1. The monoisotopic (exact) mass is 386 g/mol. The zero-order valence-electron chi connectivity index (χ0n) is 15.3. The zero-order chi connectivity index (χ0) is 19.7. The van der Waals surface area contributed by atoms with E-state index in [0.717, 1.165) is 25.3 Å². The fraction of sp³-hybridized carbons (Fsp3) is 0.450. The van der Waals surface area contributed by atoms with Crippen LogP contribution in [-0.2, 0) is 4.79 Å². The van der Waals surface area contributed by atoms with E-state index >= 15 is 0 Å². The highest BCUT2D eigenvalue weighted by Crippen LogP contribution is 2.29. The Labute approximate surface area is 161 Å². The molecule has 3 heterocycles. The highest BCUT2D eigenvalue weighted by Gasteiger charge is 2.32. The summed E-state index contributed by atoms with van der Waals surface area (Å²) in [6.07, 6.45) is 3.56. The third kappa shape index (κ3) is 3.50. The molecule has 2 aliphatic heterocycles. The van der Waals surface area contributed by atoms with Gasteiger partial charge >= 0.3 is 0 Å². The minimum absolute atomic E-state index is 0.0309. The van der Waals surface area contributed by atoms with Gasteiger partial charge in [-0.05, 0) is 37.5 Å². The van der Waals surface area contributed by atoms with Crippen molar-refractivity contribution in [1.82, 2.24) is 14.8 Å². The van der Waals surface area contributed by atoms with Crippen LogP contribution in [-0.4, -0.2) is 59.0 Å². The van der Waals surface area contributed by atoms with E-state index in [2.05, 4.69) is 11.1 Å². The Morgan fingerprint density at radius 1 is 1.29 bits per heavy atom. The third-order valence-corrected chi connectivity index (χ3v) is 5.37. The average molecular weight is 386 g/mol. The molecule has 0 aliphatic carbocycles. The molecule has 0 radical (unpaired) electrons. The Kier molecular flexibility index (Phi) is 5.09. The number of nitrogens with zero attached hydrogens (tertiary/aromatic N) is 4. The van der Waals surface area contributed by atoms with Crippen LogP contribution in [0.25, 0.3) is 10.9 Å². The van der Waals surface area contributed by atoms with Crippen molar-refractivity contribution in [2.75, 3.05) is 26.2 Å². The topological polar surface area (TPSA) is 69.5 Å². The zero-order valence-corrected chi connectivity index (χ0v) is 15.3. The van der Waals surface area contributed by atoms with E-state index in [1.807, 2.05) is 4.90 Å². The second kappa shape index (κ2) is 7.68. The smallest absolute Gasteiger partial charge is 0.237 e. The second-order valence-electron chi connectivity index (χ2n) is 7.20. The van der Waals surface area contributed by atoms with Gasteiger partial charge in [0.05, 0.1) is 12.6 Å². The molecule has 1 aromatic carbocycles. The molecule has 0 bridgehead atoms. The lowest BCUT2D eigenvalue weighted by atomic mass is 10.2. The lowest BCUT2D eigenvalue weighted by Crippen LogP contribution is -2.42. The number of halogens is 2. The molecular weight excluding hydrogens is 366 g/mol. The number of hydrogen-bond donors (Lipinski definition) is 0. The molecule has 0 saturated carbocycles. The maximum absolute atomic E-state index is 13.9. The van der Waals surface area contributed by atoms with Crippen LogP contribution in [0.15, 0.2) is 24.4 Å². The first kappa shape index (κ1) is 18.6. The molecule has 2 aliphatic rings. The predicted octanol–water partition coefficient (Wildman–Crippen LogP) is 2.48. The Balaban J connectivity index is 1.40. The van der Waals surface area contributed by atoms with Crippen LogP contribution in [0.4, 0.5) is 8.78 Å². The van der Waals surface area contributed by atoms with Crippen molar-refractivity contribution < 1.29 is 18.3 Å². The number of hydrogen-bond acceptors (Lipinski definition) is 5. The summed E-state index contributed by atoms with van der Waals surface area (Å²) >= 11 is 0. The van der Waals surface area contributed by atoms with E-state index in [9.17, 15) is 13.6 Å². The largest absolute Gasteiger partial charge is 0.488 e. The van der Waals surface area contributed by atoms with E-state index in [-0.39, 0.29) is 30.1 Å². The first-order valence-corrected chi connectivity index (χ1v) is 9.37. The first-order valence-electron chi connectivity index (χ1n) is 9.37. The molecular formula is C20H20F2N4O2. The summed E-state index contributed by atoms with van der Waals surface area (Å²) in [5.41, 5.74) is -0.0564. The van der Waals surface area contributed by atoms with Crippen LogP contribution >= 0.6 is 0 Å². The number of pyridine rings is 1. The number of rotatable bonds is 4. The molecule has 1 amide bonds. The van der Waals surface area contributed by atoms with E-state index in [1.54, 1.807) is 11.0 Å². The fourth-order valence-corrected chi connectivity index (χ4v) is 3.94. The summed E-state index contributed by atoms with van der Waals surface area (Å²) in [4.78, 5) is 20.1.